The van der Waals surface area contributed by atoms with E-state index in [9.17, 15) is 13.2 Å². The van der Waals surface area contributed by atoms with Crippen LogP contribution in [0.25, 0.3) is 11.1 Å². The molecule has 7 nitrogen and oxygen atoms in total. The third-order valence-electron chi connectivity index (χ3n) is 6.37. The molecular formula is C28H32N4O3S. The molecule has 0 saturated carbocycles. The second-order valence-corrected chi connectivity index (χ2v) is 10.9. The average Bonchev–Trinajstić information content (AvgIpc) is 3.46. The number of benzene rings is 3. The highest BCUT2D eigenvalue weighted by Crippen LogP contribution is 2.22. The summed E-state index contributed by atoms with van der Waals surface area (Å²) in [7, 11) is -0.411. The molecule has 1 heterocycles. The van der Waals surface area contributed by atoms with Crippen LogP contribution in [-0.4, -0.2) is 69.6 Å². The summed E-state index contributed by atoms with van der Waals surface area (Å²) in [4.78, 5) is 18.9. The Bertz CT molecular complexity index is 1310. The number of rotatable bonds is 10. The number of likely N-dealkylation sites (N-methyl/N-ethyl adjacent to an activating group) is 1. The Balaban J connectivity index is 1.26. The lowest BCUT2D eigenvalue weighted by atomic mass is 10.1. The van der Waals surface area contributed by atoms with E-state index in [-0.39, 0.29) is 23.8 Å². The molecule has 4 rings (SSSR count). The third kappa shape index (κ3) is 6.19. The fraction of sp³-hybridized carbons (Fsp3) is 0.286. The average molecular weight is 505 g/mol. The van der Waals surface area contributed by atoms with Crippen LogP contribution in [0.5, 0.6) is 0 Å². The molecule has 36 heavy (non-hydrogen) atoms. The molecule has 0 saturated heterocycles. The standard InChI is InChI=1S/C28H32N4O3S/c1-31(20-16-22-8-10-25(11-9-22)28-29-18-19-30-28)27(33)17-21-32(2)36(34,35)26-14-12-24(13-15-26)23-6-4-3-5-7-23/h3-15H,16-21H2,1-2H3,(H,29,30). The number of aliphatic imine (C=N–C) groups is 1. The van der Waals surface area contributed by atoms with Crippen LogP contribution >= 0.6 is 0 Å². The summed E-state index contributed by atoms with van der Waals surface area (Å²) in [6, 6.07) is 24.8. The van der Waals surface area contributed by atoms with Crippen molar-refractivity contribution in [2.24, 2.45) is 4.99 Å². The van der Waals surface area contributed by atoms with Crippen LogP contribution in [0.3, 0.4) is 0 Å². The van der Waals surface area contributed by atoms with Crippen LogP contribution in [-0.2, 0) is 21.2 Å². The molecule has 0 bridgehead atoms. The normalized spacial score (nSPS) is 13.4. The van der Waals surface area contributed by atoms with Crippen molar-refractivity contribution in [3.05, 3.63) is 90.0 Å². The van der Waals surface area contributed by atoms with Crippen LogP contribution < -0.4 is 5.32 Å². The van der Waals surface area contributed by atoms with Crippen molar-refractivity contribution in [3.8, 4) is 11.1 Å². The number of sulfonamides is 1. The number of nitrogens with one attached hydrogen (secondary N) is 1. The maximum absolute atomic E-state index is 13.0. The third-order valence-corrected chi connectivity index (χ3v) is 8.24. The van der Waals surface area contributed by atoms with Crippen LogP contribution in [0.1, 0.15) is 17.5 Å². The van der Waals surface area contributed by atoms with E-state index in [1.807, 2.05) is 42.5 Å². The van der Waals surface area contributed by atoms with E-state index in [1.54, 1.807) is 36.2 Å². The minimum atomic E-state index is -3.68. The highest BCUT2D eigenvalue weighted by Gasteiger charge is 2.22. The van der Waals surface area contributed by atoms with Gasteiger partial charge in [-0.05, 0) is 35.2 Å². The molecule has 188 valence electrons. The summed E-state index contributed by atoms with van der Waals surface area (Å²) in [5.41, 5.74) is 4.18. The highest BCUT2D eigenvalue weighted by molar-refractivity contribution is 7.89. The first-order valence-corrected chi connectivity index (χ1v) is 13.5. The molecule has 1 N–H and O–H groups in total. The molecule has 8 heteroatoms. The molecule has 0 unspecified atom stereocenters. The van der Waals surface area contributed by atoms with Crippen molar-refractivity contribution < 1.29 is 13.2 Å². The first-order chi connectivity index (χ1) is 17.3. The van der Waals surface area contributed by atoms with E-state index in [0.717, 1.165) is 47.6 Å². The van der Waals surface area contributed by atoms with Crippen molar-refractivity contribution in [2.75, 3.05) is 40.3 Å². The summed E-state index contributed by atoms with van der Waals surface area (Å²) in [5, 5.41) is 3.26. The van der Waals surface area contributed by atoms with Crippen LogP contribution in [0, 0.1) is 0 Å². The summed E-state index contributed by atoms with van der Waals surface area (Å²) < 4.78 is 27.2. The lowest BCUT2D eigenvalue weighted by Crippen LogP contribution is -2.34. The molecule has 3 aromatic rings. The summed E-state index contributed by atoms with van der Waals surface area (Å²) >= 11 is 0. The van der Waals surface area contributed by atoms with E-state index < -0.39 is 10.0 Å². The molecule has 1 amide bonds. The fourth-order valence-electron chi connectivity index (χ4n) is 4.04. The second-order valence-electron chi connectivity index (χ2n) is 8.89. The zero-order valence-corrected chi connectivity index (χ0v) is 21.5. The number of amidine groups is 1. The Morgan fingerprint density at radius 2 is 1.50 bits per heavy atom. The van der Waals surface area contributed by atoms with E-state index in [2.05, 4.69) is 22.4 Å². The number of amides is 1. The summed E-state index contributed by atoms with van der Waals surface area (Å²) in [6.45, 7) is 2.37. The van der Waals surface area contributed by atoms with Gasteiger partial charge in [0.2, 0.25) is 15.9 Å². The molecule has 3 aromatic carbocycles. The summed E-state index contributed by atoms with van der Waals surface area (Å²) in [5.74, 6) is 0.845. The lowest BCUT2D eigenvalue weighted by molar-refractivity contribution is -0.129. The Morgan fingerprint density at radius 3 is 2.14 bits per heavy atom. The maximum Gasteiger partial charge on any atom is 0.242 e. The van der Waals surface area contributed by atoms with Crippen molar-refractivity contribution in [1.82, 2.24) is 14.5 Å². The number of hydrogen-bond acceptors (Lipinski definition) is 5. The molecule has 0 fully saturated rings. The SMILES string of the molecule is CN(CCc1ccc(C2=NCCN2)cc1)C(=O)CCN(C)S(=O)(=O)c1ccc(-c2ccccc2)cc1. The number of hydrogen-bond donors (Lipinski definition) is 1. The van der Waals surface area contributed by atoms with Gasteiger partial charge in [0, 0.05) is 45.7 Å². The van der Waals surface area contributed by atoms with Gasteiger partial charge in [-0.25, -0.2) is 12.7 Å². The van der Waals surface area contributed by atoms with Gasteiger partial charge in [-0.1, -0.05) is 66.7 Å². The molecule has 1 aliphatic rings. The lowest BCUT2D eigenvalue weighted by Gasteiger charge is -2.21. The maximum atomic E-state index is 13.0. The fourth-order valence-corrected chi connectivity index (χ4v) is 5.21. The van der Waals surface area contributed by atoms with Crippen molar-refractivity contribution >= 4 is 21.8 Å². The predicted molar refractivity (Wildman–Crippen MR) is 144 cm³/mol. The first-order valence-electron chi connectivity index (χ1n) is 12.1. The largest absolute Gasteiger partial charge is 0.368 e. The number of nitrogens with zero attached hydrogens (tertiary/aromatic N) is 3. The van der Waals surface area contributed by atoms with Gasteiger partial charge in [-0.2, -0.15) is 0 Å². The second kappa shape index (κ2) is 11.5. The van der Waals surface area contributed by atoms with Crippen molar-refractivity contribution in [2.45, 2.75) is 17.7 Å². The highest BCUT2D eigenvalue weighted by atomic mass is 32.2. The van der Waals surface area contributed by atoms with Gasteiger partial charge in [0.15, 0.2) is 0 Å². The molecule has 0 atom stereocenters. The topological polar surface area (TPSA) is 82.1 Å². The van der Waals surface area contributed by atoms with Gasteiger partial charge >= 0.3 is 0 Å². The Kier molecular flexibility index (Phi) is 8.18. The Labute approximate surface area is 213 Å². The van der Waals surface area contributed by atoms with Crippen molar-refractivity contribution in [1.29, 1.82) is 0 Å². The van der Waals surface area contributed by atoms with Gasteiger partial charge in [0.25, 0.3) is 0 Å². The van der Waals surface area contributed by atoms with Gasteiger partial charge in [-0.3, -0.25) is 9.79 Å². The molecule has 0 aliphatic carbocycles. The smallest absolute Gasteiger partial charge is 0.242 e. The van der Waals surface area contributed by atoms with E-state index in [0.29, 0.717) is 6.54 Å². The minimum absolute atomic E-state index is 0.0855. The van der Waals surface area contributed by atoms with Crippen LogP contribution in [0.4, 0.5) is 0 Å². The molecular weight excluding hydrogens is 472 g/mol. The van der Waals surface area contributed by atoms with Crippen LogP contribution in [0.15, 0.2) is 88.8 Å². The quantitative estimate of drug-likeness (QED) is 0.459. The number of carbonyl (C=O) groups is 1. The van der Waals surface area contributed by atoms with E-state index in [4.69, 9.17) is 0 Å². The van der Waals surface area contributed by atoms with Gasteiger partial charge in [-0.15, -0.1) is 0 Å². The van der Waals surface area contributed by atoms with Gasteiger partial charge in [0.1, 0.15) is 5.84 Å². The summed E-state index contributed by atoms with van der Waals surface area (Å²) in [6.07, 6.45) is 0.850. The van der Waals surface area contributed by atoms with Crippen LogP contribution in [0.2, 0.25) is 0 Å². The minimum Gasteiger partial charge on any atom is -0.368 e. The zero-order valence-electron chi connectivity index (χ0n) is 20.7. The molecule has 0 radical (unpaired) electrons. The molecule has 0 spiro atoms. The van der Waals surface area contributed by atoms with Crippen molar-refractivity contribution in [3.63, 3.8) is 0 Å². The zero-order chi connectivity index (χ0) is 25.5. The van der Waals surface area contributed by atoms with E-state index >= 15 is 0 Å². The number of carbonyl (C=O) groups excluding carboxylic acids is 1. The Morgan fingerprint density at radius 1 is 0.861 bits per heavy atom. The molecule has 1 aliphatic heterocycles. The first kappa shape index (κ1) is 25.6. The predicted octanol–water partition coefficient (Wildman–Crippen LogP) is 3.42. The Hall–Kier alpha value is -3.49. The van der Waals surface area contributed by atoms with E-state index in [1.165, 1.54) is 11.4 Å². The molecule has 0 aromatic heterocycles. The van der Waals surface area contributed by atoms with Gasteiger partial charge < -0.3 is 10.2 Å². The monoisotopic (exact) mass is 504 g/mol. The van der Waals surface area contributed by atoms with Gasteiger partial charge in [0.05, 0.1) is 11.4 Å².